The average molecular weight is 209 g/mol. The van der Waals surface area contributed by atoms with Gasteiger partial charge < -0.3 is 9.47 Å². The fraction of sp³-hybridized carbons (Fsp3) is 0.750. The minimum Gasteiger partial charge on any atom is -0.438 e. The van der Waals surface area contributed by atoms with E-state index in [9.17, 15) is 4.79 Å². The summed E-state index contributed by atoms with van der Waals surface area (Å²) in [5.74, 6) is 0. The molecule has 0 radical (unpaired) electrons. The van der Waals surface area contributed by atoms with Gasteiger partial charge in [-0.3, -0.25) is 0 Å². The SMILES string of the molecule is C.COC(=O)OC(Cl)(Cl)Cl. The largest absolute Gasteiger partial charge is 0.511 e. The second-order valence-corrected chi connectivity index (χ2v) is 3.18. The van der Waals surface area contributed by atoms with Crippen molar-refractivity contribution < 1.29 is 14.3 Å². The number of methoxy groups -OCH3 is 1. The molecule has 3 nitrogen and oxygen atoms in total. The van der Waals surface area contributed by atoms with Crippen molar-refractivity contribution in [1.82, 2.24) is 0 Å². The van der Waals surface area contributed by atoms with Gasteiger partial charge in [0, 0.05) is 0 Å². The maximum absolute atomic E-state index is 10.1. The highest BCUT2D eigenvalue weighted by atomic mass is 35.6. The van der Waals surface area contributed by atoms with Crippen molar-refractivity contribution in [3.8, 4) is 0 Å². The summed E-state index contributed by atoms with van der Waals surface area (Å²) in [4.78, 5) is 10.1. The first-order chi connectivity index (χ1) is 3.95. The van der Waals surface area contributed by atoms with E-state index >= 15 is 0 Å². The summed E-state index contributed by atoms with van der Waals surface area (Å²) >= 11 is 15.0. The zero-order chi connectivity index (χ0) is 7.49. The maximum atomic E-state index is 10.1. The lowest BCUT2D eigenvalue weighted by Crippen LogP contribution is -2.15. The molecule has 0 aromatic rings. The van der Waals surface area contributed by atoms with E-state index in [1.54, 1.807) is 0 Å². The summed E-state index contributed by atoms with van der Waals surface area (Å²) in [6.45, 7) is 0. The van der Waals surface area contributed by atoms with Gasteiger partial charge in [-0.25, -0.2) is 4.79 Å². The van der Waals surface area contributed by atoms with Crippen LogP contribution >= 0.6 is 34.8 Å². The first-order valence-electron chi connectivity index (χ1n) is 1.79. The van der Waals surface area contributed by atoms with Crippen molar-refractivity contribution in [3.05, 3.63) is 0 Å². The molecule has 6 heteroatoms. The van der Waals surface area contributed by atoms with Crippen LogP contribution in [0.25, 0.3) is 0 Å². The van der Waals surface area contributed by atoms with Crippen LogP contribution in [0.3, 0.4) is 0 Å². The molecular weight excluding hydrogens is 202 g/mol. The van der Waals surface area contributed by atoms with Gasteiger partial charge in [0.05, 0.1) is 7.11 Å². The Morgan fingerprint density at radius 1 is 1.40 bits per heavy atom. The van der Waals surface area contributed by atoms with E-state index in [-0.39, 0.29) is 7.43 Å². The zero-order valence-electron chi connectivity index (χ0n) is 4.36. The van der Waals surface area contributed by atoms with E-state index in [1.165, 1.54) is 0 Å². The van der Waals surface area contributed by atoms with Crippen LogP contribution in [0.5, 0.6) is 0 Å². The Hall–Kier alpha value is 0.140. The number of carbonyl (C=O) groups excluding carboxylic acids is 1. The molecule has 0 aliphatic rings. The molecule has 0 aromatic carbocycles. The van der Waals surface area contributed by atoms with Crippen molar-refractivity contribution >= 4 is 41.0 Å². The number of hydrogen-bond donors (Lipinski definition) is 0. The molecule has 0 saturated heterocycles. The normalized spacial score (nSPS) is 9.60. The number of ether oxygens (including phenoxy) is 2. The second kappa shape index (κ2) is 4.88. The Bertz CT molecular complexity index is 109. The fourth-order valence-corrected chi connectivity index (χ4v) is 0.325. The Morgan fingerprint density at radius 2 is 1.80 bits per heavy atom. The highest BCUT2D eigenvalue weighted by molar-refractivity contribution is 6.66. The monoisotopic (exact) mass is 208 g/mol. The molecule has 62 valence electrons. The molecule has 0 N–H and O–H groups in total. The standard InChI is InChI=1S/C3H3Cl3O3.CH4/c1-8-2(7)9-3(4,5)6;/h1H3;1H4. The number of alkyl halides is 3. The van der Waals surface area contributed by atoms with E-state index in [1.807, 2.05) is 0 Å². The molecule has 0 spiro atoms. The van der Waals surface area contributed by atoms with Crippen molar-refractivity contribution in [2.75, 3.05) is 7.11 Å². The second-order valence-electron chi connectivity index (χ2n) is 1.00. The molecule has 0 unspecified atom stereocenters. The highest BCUT2D eigenvalue weighted by Gasteiger charge is 2.25. The molecule has 10 heavy (non-hydrogen) atoms. The molecule has 0 atom stereocenters. The van der Waals surface area contributed by atoms with E-state index in [4.69, 9.17) is 34.8 Å². The van der Waals surface area contributed by atoms with Gasteiger partial charge in [0.25, 0.3) is 0 Å². The molecule has 0 saturated carbocycles. The molecule has 0 heterocycles. The van der Waals surface area contributed by atoms with Crippen molar-refractivity contribution in [1.29, 1.82) is 0 Å². The van der Waals surface area contributed by atoms with Gasteiger partial charge in [-0.2, -0.15) is 0 Å². The van der Waals surface area contributed by atoms with Crippen LogP contribution in [-0.2, 0) is 9.47 Å². The molecule has 0 aliphatic heterocycles. The number of hydrogen-bond acceptors (Lipinski definition) is 3. The van der Waals surface area contributed by atoms with E-state index in [0.717, 1.165) is 7.11 Å². The van der Waals surface area contributed by atoms with Gasteiger partial charge in [-0.05, 0) is 34.8 Å². The van der Waals surface area contributed by atoms with Gasteiger partial charge in [-0.1, -0.05) is 7.43 Å². The molecule has 0 fully saturated rings. The third-order valence-corrected chi connectivity index (χ3v) is 0.597. The average Bonchev–Trinajstić information content (AvgIpc) is 1.62. The molecule has 0 rings (SSSR count). The minimum absolute atomic E-state index is 0. The fourth-order valence-electron chi connectivity index (χ4n) is 0.136. The van der Waals surface area contributed by atoms with E-state index in [0.29, 0.717) is 0 Å². The van der Waals surface area contributed by atoms with E-state index < -0.39 is 10.1 Å². The lowest BCUT2D eigenvalue weighted by Gasteiger charge is -2.09. The van der Waals surface area contributed by atoms with Gasteiger partial charge in [0.1, 0.15) is 0 Å². The van der Waals surface area contributed by atoms with Gasteiger partial charge >= 0.3 is 10.1 Å². The first kappa shape index (κ1) is 12.8. The Labute approximate surface area is 74.1 Å². The Morgan fingerprint density at radius 3 is 1.90 bits per heavy atom. The molecule has 0 bridgehead atoms. The molecule has 0 amide bonds. The quantitative estimate of drug-likeness (QED) is 0.454. The number of carbonyl (C=O) groups is 1. The predicted octanol–water partition coefficient (Wildman–Crippen LogP) is 2.73. The van der Waals surface area contributed by atoms with Crippen molar-refractivity contribution in [3.63, 3.8) is 0 Å². The van der Waals surface area contributed by atoms with Crippen LogP contribution in [0.2, 0.25) is 0 Å². The summed E-state index contributed by atoms with van der Waals surface area (Å²) in [7, 11) is 1.11. The van der Waals surface area contributed by atoms with Crippen LogP contribution < -0.4 is 0 Å². The summed E-state index contributed by atoms with van der Waals surface area (Å²) in [5.41, 5.74) is 0. The minimum atomic E-state index is -2.03. The molecular formula is C4H7Cl3O3. The van der Waals surface area contributed by atoms with Gasteiger partial charge in [0.15, 0.2) is 0 Å². The van der Waals surface area contributed by atoms with Crippen molar-refractivity contribution in [2.24, 2.45) is 0 Å². The van der Waals surface area contributed by atoms with Crippen LogP contribution in [0.4, 0.5) is 4.79 Å². The van der Waals surface area contributed by atoms with Crippen LogP contribution in [0, 0.1) is 0 Å². The summed E-state index contributed by atoms with van der Waals surface area (Å²) in [6.07, 6.45) is -1.03. The lowest BCUT2D eigenvalue weighted by molar-refractivity contribution is 0.0704. The maximum Gasteiger partial charge on any atom is 0.511 e. The molecule has 0 aliphatic carbocycles. The topological polar surface area (TPSA) is 35.5 Å². The predicted molar refractivity (Wildman–Crippen MR) is 40.5 cm³/mol. The zero-order valence-corrected chi connectivity index (χ0v) is 6.63. The van der Waals surface area contributed by atoms with Crippen LogP contribution in [-0.4, -0.2) is 17.2 Å². The van der Waals surface area contributed by atoms with Crippen LogP contribution in [0.1, 0.15) is 7.43 Å². The third kappa shape index (κ3) is 8.14. The van der Waals surface area contributed by atoms with Gasteiger partial charge in [0.2, 0.25) is 0 Å². The summed E-state index contributed by atoms with van der Waals surface area (Å²) in [6, 6.07) is 0. The smallest absolute Gasteiger partial charge is 0.438 e. The summed E-state index contributed by atoms with van der Waals surface area (Å²) < 4.78 is 6.00. The third-order valence-electron chi connectivity index (χ3n) is 0.366. The van der Waals surface area contributed by atoms with Crippen molar-refractivity contribution in [2.45, 2.75) is 11.4 Å². The Balaban J connectivity index is 0. The van der Waals surface area contributed by atoms with E-state index in [2.05, 4.69) is 9.47 Å². The first-order valence-corrected chi connectivity index (χ1v) is 2.93. The number of halogens is 3. The highest BCUT2D eigenvalue weighted by Crippen LogP contribution is 2.27. The summed E-state index contributed by atoms with van der Waals surface area (Å²) in [5, 5.41) is 0. The number of rotatable bonds is 0. The van der Waals surface area contributed by atoms with Gasteiger partial charge in [-0.15, -0.1) is 0 Å². The Kier molecular flexibility index (Phi) is 6.24. The lowest BCUT2D eigenvalue weighted by atomic mass is 11.3. The van der Waals surface area contributed by atoms with Crippen LogP contribution in [0.15, 0.2) is 0 Å². The molecule has 0 aromatic heterocycles.